The molecule has 0 bridgehead atoms. The van der Waals surface area contributed by atoms with E-state index in [1.165, 1.54) is 6.07 Å². The summed E-state index contributed by atoms with van der Waals surface area (Å²) in [4.78, 5) is 18.2. The highest BCUT2D eigenvalue weighted by Crippen LogP contribution is 2.41. The minimum absolute atomic E-state index is 0.0306. The summed E-state index contributed by atoms with van der Waals surface area (Å²) < 4.78 is 31.8. The van der Waals surface area contributed by atoms with Crippen molar-refractivity contribution in [3.8, 4) is 5.75 Å². The normalized spacial score (nSPS) is 14.3. The van der Waals surface area contributed by atoms with Crippen molar-refractivity contribution < 1.29 is 18.3 Å². The average Bonchev–Trinajstić information content (AvgIpc) is 3.47. The van der Waals surface area contributed by atoms with Crippen LogP contribution in [0.1, 0.15) is 66.8 Å². The molecule has 0 aliphatic heterocycles. The zero-order valence-corrected chi connectivity index (χ0v) is 18.3. The van der Waals surface area contributed by atoms with Crippen molar-refractivity contribution in [2.45, 2.75) is 65.5 Å². The number of benzene rings is 1. The number of rotatable bonds is 5. The summed E-state index contributed by atoms with van der Waals surface area (Å²) in [6.07, 6.45) is 2.10. The lowest BCUT2D eigenvalue weighted by Gasteiger charge is -2.20. The first kappa shape index (κ1) is 21.2. The van der Waals surface area contributed by atoms with Gasteiger partial charge in [0.15, 0.2) is 5.65 Å². The van der Waals surface area contributed by atoms with Gasteiger partial charge in [0, 0.05) is 22.9 Å². The van der Waals surface area contributed by atoms with Crippen LogP contribution in [0.3, 0.4) is 0 Å². The van der Waals surface area contributed by atoms with E-state index in [-0.39, 0.29) is 17.2 Å². The molecule has 3 aromatic rings. The minimum atomic E-state index is -2.93. The highest BCUT2D eigenvalue weighted by atomic mass is 19.3. The Morgan fingerprint density at radius 3 is 2.58 bits per heavy atom. The quantitative estimate of drug-likeness (QED) is 0.580. The molecule has 164 valence electrons. The maximum atomic E-state index is 13.4. The van der Waals surface area contributed by atoms with Crippen LogP contribution in [0, 0.1) is 13.8 Å². The second-order valence-corrected chi connectivity index (χ2v) is 9.00. The Morgan fingerprint density at radius 2 is 1.97 bits per heavy atom. The summed E-state index contributed by atoms with van der Waals surface area (Å²) in [5.74, 6) is 0.0512. The molecule has 0 atom stereocenters. The van der Waals surface area contributed by atoms with Gasteiger partial charge < -0.3 is 10.1 Å². The van der Waals surface area contributed by atoms with Crippen molar-refractivity contribution >= 4 is 22.6 Å². The number of nitrogens with one attached hydrogen (secondary N) is 1. The lowest BCUT2D eigenvalue weighted by Crippen LogP contribution is -2.24. The van der Waals surface area contributed by atoms with E-state index in [0.29, 0.717) is 33.8 Å². The first-order valence-electron chi connectivity index (χ1n) is 10.3. The van der Waals surface area contributed by atoms with E-state index in [0.717, 1.165) is 24.2 Å². The molecule has 1 N–H and O–H groups in total. The number of pyridine rings is 1. The van der Waals surface area contributed by atoms with E-state index in [2.05, 4.69) is 15.2 Å². The molecule has 1 saturated carbocycles. The molecule has 0 saturated heterocycles. The number of amides is 1. The van der Waals surface area contributed by atoms with Gasteiger partial charge in [0.25, 0.3) is 5.91 Å². The lowest BCUT2D eigenvalue weighted by atomic mass is 10.1. The molecular weight excluding hydrogens is 402 g/mol. The number of alkyl halides is 2. The van der Waals surface area contributed by atoms with Crippen LogP contribution in [-0.4, -0.2) is 27.3 Å². The van der Waals surface area contributed by atoms with Crippen LogP contribution >= 0.6 is 0 Å². The van der Waals surface area contributed by atoms with Gasteiger partial charge in [-0.2, -0.15) is 13.9 Å². The van der Waals surface area contributed by atoms with E-state index >= 15 is 0 Å². The number of carbonyl (C=O) groups excluding carboxylic acids is 1. The van der Waals surface area contributed by atoms with Gasteiger partial charge in [-0.1, -0.05) is 6.07 Å². The topological polar surface area (TPSA) is 69.0 Å². The molecule has 0 unspecified atom stereocenters. The van der Waals surface area contributed by atoms with Gasteiger partial charge in [0.1, 0.15) is 5.75 Å². The monoisotopic (exact) mass is 428 g/mol. The minimum Gasteiger partial charge on any atom is -0.434 e. The number of carbonyl (C=O) groups is 1. The second-order valence-electron chi connectivity index (χ2n) is 9.00. The number of halogens is 2. The summed E-state index contributed by atoms with van der Waals surface area (Å²) in [5, 5.41) is 8.24. The highest BCUT2D eigenvalue weighted by molar-refractivity contribution is 6.13. The molecule has 8 heteroatoms. The van der Waals surface area contributed by atoms with Crippen LogP contribution in [0.4, 0.5) is 14.5 Å². The van der Waals surface area contributed by atoms with Gasteiger partial charge in [0.2, 0.25) is 0 Å². The van der Waals surface area contributed by atoms with E-state index in [1.807, 2.05) is 38.4 Å². The van der Waals surface area contributed by atoms with E-state index in [9.17, 15) is 13.6 Å². The fourth-order valence-electron chi connectivity index (χ4n) is 3.71. The molecule has 1 aliphatic rings. The Hall–Kier alpha value is -3.03. The molecule has 1 aromatic carbocycles. The second kappa shape index (κ2) is 7.59. The Bertz CT molecular complexity index is 1160. The number of nitrogens with zero attached hydrogens (tertiary/aromatic N) is 3. The van der Waals surface area contributed by atoms with Crippen LogP contribution in [0.2, 0.25) is 0 Å². The number of fused-ring (bicyclic) bond motifs is 1. The molecule has 1 fully saturated rings. The van der Waals surface area contributed by atoms with Crippen molar-refractivity contribution in [3.63, 3.8) is 0 Å². The van der Waals surface area contributed by atoms with Crippen molar-refractivity contribution in [1.82, 2.24) is 14.8 Å². The van der Waals surface area contributed by atoms with Gasteiger partial charge in [-0.05, 0) is 65.7 Å². The van der Waals surface area contributed by atoms with Crippen molar-refractivity contribution in [2.24, 2.45) is 0 Å². The maximum Gasteiger partial charge on any atom is 0.387 e. The molecule has 0 spiro atoms. The van der Waals surface area contributed by atoms with Crippen molar-refractivity contribution in [2.75, 3.05) is 5.32 Å². The first-order chi connectivity index (χ1) is 14.6. The number of hydrogen-bond donors (Lipinski definition) is 1. The van der Waals surface area contributed by atoms with Crippen molar-refractivity contribution in [1.29, 1.82) is 0 Å². The van der Waals surface area contributed by atoms with E-state index in [4.69, 9.17) is 4.98 Å². The first-order valence-corrected chi connectivity index (χ1v) is 10.3. The van der Waals surface area contributed by atoms with Crippen LogP contribution in [0.5, 0.6) is 5.75 Å². The van der Waals surface area contributed by atoms with Gasteiger partial charge >= 0.3 is 6.61 Å². The van der Waals surface area contributed by atoms with Gasteiger partial charge in [-0.25, -0.2) is 9.67 Å². The molecule has 6 nitrogen and oxygen atoms in total. The fourth-order valence-corrected chi connectivity index (χ4v) is 3.71. The molecule has 1 amide bonds. The summed E-state index contributed by atoms with van der Waals surface area (Å²) in [5.41, 5.74) is 3.33. The van der Waals surface area contributed by atoms with E-state index in [1.54, 1.807) is 19.1 Å². The largest absolute Gasteiger partial charge is 0.434 e. The standard InChI is InChI=1S/C23H26F2N4O2/c1-12-16(7-6-8-18(12)31-22(24)25)27-21(30)15-11-17(14-9-10-14)26-20-19(15)13(2)28-29(20)23(3,4)5/h6-8,11,14,22H,9-10H2,1-5H3,(H,27,30). The molecule has 2 aromatic heterocycles. The summed E-state index contributed by atoms with van der Waals surface area (Å²) in [7, 11) is 0. The predicted molar refractivity (Wildman–Crippen MR) is 115 cm³/mol. The maximum absolute atomic E-state index is 13.4. The lowest BCUT2D eigenvalue weighted by molar-refractivity contribution is -0.0502. The van der Waals surface area contributed by atoms with Crippen molar-refractivity contribution in [3.05, 3.63) is 46.8 Å². The molecular formula is C23H26F2N4O2. The van der Waals surface area contributed by atoms with Gasteiger partial charge in [-0.15, -0.1) is 0 Å². The molecule has 31 heavy (non-hydrogen) atoms. The molecule has 0 radical (unpaired) electrons. The molecule has 4 rings (SSSR count). The van der Waals surface area contributed by atoms with Crippen LogP contribution < -0.4 is 10.1 Å². The zero-order chi connectivity index (χ0) is 22.5. The zero-order valence-electron chi connectivity index (χ0n) is 18.3. The Balaban J connectivity index is 1.79. The fraction of sp³-hybridized carbons (Fsp3) is 0.435. The number of ether oxygens (including phenoxy) is 1. The average molecular weight is 428 g/mol. The molecule has 1 aliphatic carbocycles. The predicted octanol–water partition coefficient (Wildman–Crippen LogP) is 5.53. The van der Waals surface area contributed by atoms with Crippen LogP contribution in [-0.2, 0) is 5.54 Å². The summed E-state index contributed by atoms with van der Waals surface area (Å²) >= 11 is 0. The van der Waals surface area contributed by atoms with Crippen LogP contribution in [0.15, 0.2) is 24.3 Å². The smallest absolute Gasteiger partial charge is 0.387 e. The third-order valence-corrected chi connectivity index (χ3v) is 5.46. The van der Waals surface area contributed by atoms with E-state index < -0.39 is 6.61 Å². The Kier molecular flexibility index (Phi) is 5.19. The summed E-state index contributed by atoms with van der Waals surface area (Å²) in [6, 6.07) is 6.52. The third kappa shape index (κ3) is 4.11. The number of anilines is 1. The Morgan fingerprint density at radius 1 is 1.26 bits per heavy atom. The van der Waals surface area contributed by atoms with Gasteiger partial charge in [0.05, 0.1) is 22.2 Å². The number of aromatic nitrogens is 3. The highest BCUT2D eigenvalue weighted by Gasteiger charge is 2.30. The van der Waals surface area contributed by atoms with Gasteiger partial charge in [-0.3, -0.25) is 4.79 Å². The third-order valence-electron chi connectivity index (χ3n) is 5.46. The molecule has 2 heterocycles. The number of aryl methyl sites for hydroxylation is 1. The summed E-state index contributed by atoms with van der Waals surface area (Å²) in [6.45, 7) is 6.69. The number of hydrogen-bond acceptors (Lipinski definition) is 4. The van der Waals surface area contributed by atoms with Crippen LogP contribution in [0.25, 0.3) is 11.0 Å². The SMILES string of the molecule is Cc1c(NC(=O)c2cc(C3CC3)nc3c2c(C)nn3C(C)(C)C)cccc1OC(F)F. The Labute approximate surface area is 179 Å².